The second-order valence-electron chi connectivity index (χ2n) is 6.86. The van der Waals surface area contributed by atoms with Crippen molar-refractivity contribution in [1.82, 2.24) is 9.97 Å². The van der Waals surface area contributed by atoms with Crippen LogP contribution in [-0.4, -0.2) is 15.9 Å². The molecule has 0 aliphatic heterocycles. The molecule has 0 radical (unpaired) electrons. The number of aromatic nitrogens is 2. The van der Waals surface area contributed by atoms with Crippen molar-refractivity contribution in [3.63, 3.8) is 0 Å². The number of oxazole rings is 1. The summed E-state index contributed by atoms with van der Waals surface area (Å²) in [5, 5.41) is 3.67. The molecule has 2 aromatic heterocycles. The summed E-state index contributed by atoms with van der Waals surface area (Å²) in [6, 6.07) is 22.4. The zero-order chi connectivity index (χ0) is 20.5. The molecule has 3 N–H and O–H groups in total. The average molecular weight is 399 g/mol. The van der Waals surface area contributed by atoms with Crippen LogP contribution in [0.1, 0.15) is 16.1 Å². The van der Waals surface area contributed by atoms with E-state index in [1.807, 2.05) is 48.5 Å². The van der Waals surface area contributed by atoms with Crippen LogP contribution in [0.15, 0.2) is 82.0 Å². The number of fused-ring (bicyclic) bond motifs is 2. The van der Waals surface area contributed by atoms with Crippen LogP contribution in [-0.2, 0) is 6.61 Å². The van der Waals surface area contributed by atoms with Gasteiger partial charge in [0, 0.05) is 17.0 Å². The third-order valence-electron chi connectivity index (χ3n) is 4.78. The maximum atomic E-state index is 12.7. The Morgan fingerprint density at radius 3 is 2.67 bits per heavy atom. The molecular formula is C23H17N3O4. The Morgan fingerprint density at radius 1 is 0.933 bits per heavy atom. The lowest BCUT2D eigenvalue weighted by Gasteiger charge is -2.06. The van der Waals surface area contributed by atoms with Crippen LogP contribution in [0.2, 0.25) is 0 Å². The van der Waals surface area contributed by atoms with Crippen LogP contribution in [0.3, 0.4) is 0 Å². The number of ether oxygens (including phenoxy) is 1. The molecule has 0 saturated carbocycles. The standard InChI is InChI=1S/C23H17N3O4/c27-22(25-17-7-4-8-18-21(17)30-23(28)26-18)20-11-15-9-10-16(12-19(15)24-20)29-13-14-5-2-1-3-6-14/h1-12,24H,13H2,(H,25,27)(H,26,28). The number of anilines is 1. The molecule has 0 aliphatic rings. The largest absolute Gasteiger partial charge is 0.489 e. The molecule has 3 aromatic carbocycles. The topological polar surface area (TPSA) is 100 Å². The lowest BCUT2D eigenvalue weighted by Crippen LogP contribution is -2.12. The van der Waals surface area contributed by atoms with Gasteiger partial charge in [0.1, 0.15) is 18.1 Å². The highest BCUT2D eigenvalue weighted by atomic mass is 16.5. The zero-order valence-corrected chi connectivity index (χ0v) is 15.8. The highest BCUT2D eigenvalue weighted by molar-refractivity contribution is 6.08. The van der Waals surface area contributed by atoms with Crippen molar-refractivity contribution >= 4 is 33.6 Å². The third kappa shape index (κ3) is 3.44. The molecule has 0 spiro atoms. The van der Waals surface area contributed by atoms with Crippen molar-refractivity contribution in [2.24, 2.45) is 0 Å². The molecule has 0 saturated heterocycles. The first-order chi connectivity index (χ1) is 14.7. The number of carbonyl (C=O) groups is 1. The van der Waals surface area contributed by atoms with E-state index in [1.54, 1.807) is 24.3 Å². The van der Waals surface area contributed by atoms with E-state index in [1.165, 1.54) is 0 Å². The Labute approximate surface area is 170 Å². The van der Waals surface area contributed by atoms with E-state index in [0.717, 1.165) is 16.5 Å². The van der Waals surface area contributed by atoms with Crippen LogP contribution in [0.4, 0.5) is 5.69 Å². The molecule has 7 heteroatoms. The number of nitrogens with one attached hydrogen (secondary N) is 3. The molecular weight excluding hydrogens is 382 g/mol. The Hall–Kier alpha value is -4.26. The van der Waals surface area contributed by atoms with Crippen molar-refractivity contribution in [2.75, 3.05) is 5.32 Å². The van der Waals surface area contributed by atoms with E-state index in [-0.39, 0.29) is 5.91 Å². The summed E-state index contributed by atoms with van der Waals surface area (Å²) in [5.41, 5.74) is 3.51. The SMILES string of the molecule is O=C(Nc1cccc2[nH]c(=O)oc12)c1cc2ccc(OCc3ccccc3)cc2[nH]1. The minimum Gasteiger partial charge on any atom is -0.489 e. The predicted molar refractivity (Wildman–Crippen MR) is 114 cm³/mol. The van der Waals surface area contributed by atoms with Gasteiger partial charge in [0.15, 0.2) is 5.58 Å². The second-order valence-corrected chi connectivity index (χ2v) is 6.86. The lowest BCUT2D eigenvalue weighted by molar-refractivity contribution is 0.102. The maximum Gasteiger partial charge on any atom is 0.417 e. The van der Waals surface area contributed by atoms with E-state index in [9.17, 15) is 9.59 Å². The number of aromatic amines is 2. The Balaban J connectivity index is 1.36. The molecule has 0 fully saturated rings. The molecule has 0 unspecified atom stereocenters. The number of carbonyl (C=O) groups excluding carboxylic acids is 1. The van der Waals surface area contributed by atoms with Gasteiger partial charge in [0.05, 0.1) is 11.2 Å². The summed E-state index contributed by atoms with van der Waals surface area (Å²) in [5.74, 6) is -0.200. The number of amides is 1. The van der Waals surface area contributed by atoms with Gasteiger partial charge in [-0.05, 0) is 35.9 Å². The van der Waals surface area contributed by atoms with Crippen LogP contribution >= 0.6 is 0 Å². The molecule has 0 atom stereocenters. The molecule has 148 valence electrons. The monoisotopic (exact) mass is 399 g/mol. The van der Waals surface area contributed by atoms with Crippen molar-refractivity contribution < 1.29 is 13.9 Å². The normalized spacial score (nSPS) is 11.1. The van der Waals surface area contributed by atoms with Gasteiger partial charge in [-0.2, -0.15) is 0 Å². The van der Waals surface area contributed by atoms with Gasteiger partial charge in [0.2, 0.25) is 0 Å². The molecule has 0 bridgehead atoms. The molecule has 0 aliphatic carbocycles. The molecule has 5 aromatic rings. The number of H-pyrrole nitrogens is 2. The highest BCUT2D eigenvalue weighted by Crippen LogP contribution is 2.24. The fourth-order valence-corrected chi connectivity index (χ4v) is 3.32. The zero-order valence-electron chi connectivity index (χ0n) is 15.8. The molecule has 30 heavy (non-hydrogen) atoms. The lowest BCUT2D eigenvalue weighted by atomic mass is 10.2. The number of rotatable bonds is 5. The van der Waals surface area contributed by atoms with Crippen LogP contribution in [0.5, 0.6) is 5.75 Å². The van der Waals surface area contributed by atoms with Crippen molar-refractivity contribution in [3.8, 4) is 5.75 Å². The Bertz CT molecular complexity index is 1410. The molecule has 5 rings (SSSR count). The van der Waals surface area contributed by atoms with Crippen molar-refractivity contribution in [1.29, 1.82) is 0 Å². The van der Waals surface area contributed by atoms with Crippen molar-refractivity contribution in [2.45, 2.75) is 6.61 Å². The third-order valence-corrected chi connectivity index (χ3v) is 4.78. The van der Waals surface area contributed by atoms with Gasteiger partial charge in [-0.15, -0.1) is 0 Å². The molecule has 1 amide bonds. The Kier molecular flexibility index (Phi) is 4.33. The minimum atomic E-state index is -0.569. The average Bonchev–Trinajstić information content (AvgIpc) is 3.36. The van der Waals surface area contributed by atoms with E-state index in [4.69, 9.17) is 9.15 Å². The summed E-state index contributed by atoms with van der Waals surface area (Å²) < 4.78 is 11.0. The van der Waals surface area contributed by atoms with E-state index in [0.29, 0.717) is 34.8 Å². The smallest absolute Gasteiger partial charge is 0.417 e. The van der Waals surface area contributed by atoms with E-state index in [2.05, 4.69) is 15.3 Å². The summed E-state index contributed by atoms with van der Waals surface area (Å²) in [4.78, 5) is 29.8. The highest BCUT2D eigenvalue weighted by Gasteiger charge is 2.14. The summed E-state index contributed by atoms with van der Waals surface area (Å²) in [7, 11) is 0. The summed E-state index contributed by atoms with van der Waals surface area (Å²) >= 11 is 0. The van der Waals surface area contributed by atoms with Crippen LogP contribution < -0.4 is 15.8 Å². The number of benzene rings is 3. The summed E-state index contributed by atoms with van der Waals surface area (Å²) in [6.07, 6.45) is 0. The van der Waals surface area contributed by atoms with Crippen LogP contribution in [0.25, 0.3) is 22.0 Å². The fourth-order valence-electron chi connectivity index (χ4n) is 3.32. The summed E-state index contributed by atoms with van der Waals surface area (Å²) in [6.45, 7) is 0.465. The van der Waals surface area contributed by atoms with Crippen LogP contribution in [0, 0.1) is 0 Å². The van der Waals surface area contributed by atoms with Crippen molar-refractivity contribution in [3.05, 3.63) is 94.6 Å². The van der Waals surface area contributed by atoms with E-state index >= 15 is 0 Å². The minimum absolute atomic E-state index is 0.309. The van der Waals surface area contributed by atoms with Gasteiger partial charge in [-0.3, -0.25) is 9.78 Å². The number of hydrogen-bond acceptors (Lipinski definition) is 4. The predicted octanol–water partition coefficient (Wildman–Crippen LogP) is 4.43. The first-order valence-corrected chi connectivity index (χ1v) is 9.38. The number of para-hydroxylation sites is 1. The van der Waals surface area contributed by atoms with Gasteiger partial charge in [-0.1, -0.05) is 36.4 Å². The van der Waals surface area contributed by atoms with Gasteiger partial charge >= 0.3 is 5.76 Å². The molecule has 7 nitrogen and oxygen atoms in total. The number of hydrogen-bond donors (Lipinski definition) is 3. The molecule has 2 heterocycles. The van der Waals surface area contributed by atoms with E-state index < -0.39 is 5.76 Å². The quantitative estimate of drug-likeness (QED) is 0.407. The fraction of sp³-hybridized carbons (Fsp3) is 0.0435. The maximum absolute atomic E-state index is 12.7. The first kappa shape index (κ1) is 17.8. The second kappa shape index (κ2) is 7.29. The first-order valence-electron chi connectivity index (χ1n) is 9.38. The van der Waals surface area contributed by atoms with Gasteiger partial charge < -0.3 is 19.5 Å². The Morgan fingerprint density at radius 2 is 1.80 bits per heavy atom. The van der Waals surface area contributed by atoms with Gasteiger partial charge in [0.25, 0.3) is 5.91 Å². The van der Waals surface area contributed by atoms with Gasteiger partial charge in [-0.25, -0.2) is 4.79 Å².